The van der Waals surface area contributed by atoms with Crippen LogP contribution in [-0.2, 0) is 11.2 Å². The Balaban J connectivity index is 1.65. The van der Waals surface area contributed by atoms with E-state index < -0.39 is 16.8 Å². The second-order valence-corrected chi connectivity index (χ2v) is 6.46. The van der Waals surface area contributed by atoms with Gasteiger partial charge in [0.2, 0.25) is 5.91 Å². The van der Waals surface area contributed by atoms with Gasteiger partial charge >= 0.3 is 5.97 Å². The highest BCUT2D eigenvalue weighted by molar-refractivity contribution is 6.33. The van der Waals surface area contributed by atoms with E-state index in [0.717, 1.165) is 0 Å². The van der Waals surface area contributed by atoms with Gasteiger partial charge in [-0.3, -0.25) is 14.9 Å². The summed E-state index contributed by atoms with van der Waals surface area (Å²) >= 11 is 5.86. The van der Waals surface area contributed by atoms with E-state index in [2.05, 4.69) is 10.5 Å². The zero-order valence-corrected chi connectivity index (χ0v) is 16.0. The molecule has 1 heterocycles. The molecule has 0 aliphatic heterocycles. The summed E-state index contributed by atoms with van der Waals surface area (Å²) in [5.74, 6) is -0.989. The van der Waals surface area contributed by atoms with E-state index in [-0.39, 0.29) is 28.3 Å². The number of rotatable bonds is 7. The molecule has 3 aromatic rings. The van der Waals surface area contributed by atoms with Crippen LogP contribution in [0.25, 0.3) is 11.3 Å². The highest BCUT2D eigenvalue weighted by Gasteiger charge is 2.15. The molecule has 0 bridgehead atoms. The zero-order chi connectivity index (χ0) is 21.7. The molecule has 0 spiro atoms. The molecule has 10 heteroatoms. The minimum Gasteiger partial charge on any atom is -0.478 e. The molecule has 0 radical (unpaired) electrons. The lowest BCUT2D eigenvalue weighted by Gasteiger charge is -2.02. The first-order valence-corrected chi connectivity index (χ1v) is 8.90. The highest BCUT2D eigenvalue weighted by Crippen LogP contribution is 2.26. The Morgan fingerprint density at radius 2 is 1.97 bits per heavy atom. The average molecular weight is 428 g/mol. The molecule has 0 atom stereocenters. The summed E-state index contributed by atoms with van der Waals surface area (Å²) in [4.78, 5) is 33.6. The van der Waals surface area contributed by atoms with E-state index in [1.54, 1.807) is 24.3 Å². The minimum absolute atomic E-state index is 0.0527. The molecule has 30 heavy (non-hydrogen) atoms. The van der Waals surface area contributed by atoms with Gasteiger partial charge in [0.15, 0.2) is 0 Å². The lowest BCUT2D eigenvalue weighted by atomic mass is 10.1. The number of nitrogens with one attached hydrogen (secondary N) is 1. The lowest BCUT2D eigenvalue weighted by molar-refractivity contribution is -0.385. The molecule has 0 aliphatic rings. The quantitative estimate of drug-likeness (QED) is 0.333. The van der Waals surface area contributed by atoms with Crippen LogP contribution in [0.5, 0.6) is 0 Å². The highest BCUT2D eigenvalue weighted by atomic mass is 35.5. The topological polar surface area (TPSA) is 135 Å². The SMILES string of the molecule is O=C(Cc1ccccc1[N+](=O)[O-])N/N=C\c1ccc(-c2ccc(Cl)c(C(=O)O)c2)o1. The van der Waals surface area contributed by atoms with Crippen molar-refractivity contribution in [2.75, 3.05) is 0 Å². The summed E-state index contributed by atoms with van der Waals surface area (Å²) in [6.07, 6.45) is 1.05. The predicted octanol–water partition coefficient (Wildman–Crippen LogP) is 3.90. The molecular weight excluding hydrogens is 414 g/mol. The number of halogens is 1. The maximum absolute atomic E-state index is 12.0. The van der Waals surface area contributed by atoms with Crippen molar-refractivity contribution in [1.82, 2.24) is 5.43 Å². The second-order valence-electron chi connectivity index (χ2n) is 6.06. The minimum atomic E-state index is -1.16. The van der Waals surface area contributed by atoms with Crippen LogP contribution >= 0.6 is 11.6 Å². The molecule has 0 aliphatic carbocycles. The van der Waals surface area contributed by atoms with E-state index in [0.29, 0.717) is 17.1 Å². The van der Waals surface area contributed by atoms with Gasteiger partial charge in [0, 0.05) is 17.2 Å². The Bertz CT molecular complexity index is 1150. The van der Waals surface area contributed by atoms with Crippen molar-refractivity contribution >= 4 is 35.4 Å². The van der Waals surface area contributed by atoms with Gasteiger partial charge in [-0.1, -0.05) is 29.8 Å². The van der Waals surface area contributed by atoms with Crippen LogP contribution in [0.3, 0.4) is 0 Å². The summed E-state index contributed by atoms with van der Waals surface area (Å²) in [6.45, 7) is 0. The van der Waals surface area contributed by atoms with Crippen LogP contribution in [0, 0.1) is 10.1 Å². The number of furan rings is 1. The molecule has 0 fully saturated rings. The predicted molar refractivity (Wildman–Crippen MR) is 109 cm³/mol. The largest absolute Gasteiger partial charge is 0.478 e. The van der Waals surface area contributed by atoms with Gasteiger partial charge in [-0.2, -0.15) is 5.10 Å². The van der Waals surface area contributed by atoms with Gasteiger partial charge < -0.3 is 9.52 Å². The normalized spacial score (nSPS) is 10.8. The van der Waals surface area contributed by atoms with E-state index in [4.69, 9.17) is 21.1 Å². The number of carbonyl (C=O) groups excluding carboxylic acids is 1. The first-order chi connectivity index (χ1) is 14.3. The van der Waals surface area contributed by atoms with Gasteiger partial charge in [0.1, 0.15) is 11.5 Å². The number of carboxylic acids is 1. The number of benzene rings is 2. The van der Waals surface area contributed by atoms with Crippen molar-refractivity contribution in [2.45, 2.75) is 6.42 Å². The van der Waals surface area contributed by atoms with Crippen LogP contribution in [-0.4, -0.2) is 28.1 Å². The van der Waals surface area contributed by atoms with Gasteiger partial charge in [-0.15, -0.1) is 0 Å². The molecule has 9 nitrogen and oxygen atoms in total. The Hall–Kier alpha value is -3.98. The third kappa shape index (κ3) is 4.89. The summed E-state index contributed by atoms with van der Waals surface area (Å²) in [5.41, 5.74) is 2.87. The molecule has 1 aromatic heterocycles. The second kappa shape index (κ2) is 9.01. The van der Waals surface area contributed by atoms with Gasteiger partial charge in [0.05, 0.1) is 28.1 Å². The van der Waals surface area contributed by atoms with E-state index in [1.807, 2.05) is 0 Å². The Morgan fingerprint density at radius 1 is 1.20 bits per heavy atom. The summed E-state index contributed by atoms with van der Waals surface area (Å²) in [6, 6.07) is 13.6. The van der Waals surface area contributed by atoms with Crippen molar-refractivity contribution in [1.29, 1.82) is 0 Å². The number of hydrazone groups is 1. The Morgan fingerprint density at radius 3 is 2.70 bits per heavy atom. The fourth-order valence-corrected chi connectivity index (χ4v) is 2.84. The van der Waals surface area contributed by atoms with Crippen molar-refractivity contribution in [3.05, 3.63) is 86.6 Å². The first kappa shape index (κ1) is 20.7. The number of hydrogen-bond donors (Lipinski definition) is 2. The zero-order valence-electron chi connectivity index (χ0n) is 15.2. The summed E-state index contributed by atoms with van der Waals surface area (Å²) < 4.78 is 5.57. The number of para-hydroxylation sites is 1. The number of nitro groups is 1. The van der Waals surface area contributed by atoms with Crippen molar-refractivity contribution < 1.29 is 24.0 Å². The van der Waals surface area contributed by atoms with Crippen LogP contribution < -0.4 is 5.43 Å². The van der Waals surface area contributed by atoms with Gasteiger partial charge in [-0.05, 0) is 30.3 Å². The third-order valence-electron chi connectivity index (χ3n) is 4.03. The fraction of sp³-hybridized carbons (Fsp3) is 0.0500. The number of nitro benzene ring substituents is 1. The fourth-order valence-electron chi connectivity index (χ4n) is 2.64. The summed E-state index contributed by atoms with van der Waals surface area (Å²) in [7, 11) is 0. The number of amides is 1. The molecule has 0 saturated carbocycles. The van der Waals surface area contributed by atoms with Crippen molar-refractivity contribution in [2.24, 2.45) is 5.10 Å². The maximum atomic E-state index is 12.0. The lowest BCUT2D eigenvalue weighted by Crippen LogP contribution is -2.20. The smallest absolute Gasteiger partial charge is 0.337 e. The maximum Gasteiger partial charge on any atom is 0.337 e. The number of carbonyl (C=O) groups is 2. The van der Waals surface area contributed by atoms with E-state index in [1.165, 1.54) is 36.5 Å². The molecular formula is C20H14ClN3O6. The van der Waals surface area contributed by atoms with Crippen LogP contribution in [0.4, 0.5) is 5.69 Å². The van der Waals surface area contributed by atoms with Gasteiger partial charge in [0.25, 0.3) is 5.69 Å². The monoisotopic (exact) mass is 427 g/mol. The van der Waals surface area contributed by atoms with Gasteiger partial charge in [-0.25, -0.2) is 10.2 Å². The standard InChI is InChI=1S/C20H14ClN3O6/c21-16-7-5-13(9-15(16)20(26)27)18-8-6-14(30-18)11-22-23-19(25)10-12-3-1-2-4-17(12)24(28)29/h1-9,11H,10H2,(H,23,25)(H,26,27)/b22-11-. The number of aromatic carboxylic acids is 1. The average Bonchev–Trinajstić information content (AvgIpc) is 3.17. The molecule has 3 rings (SSSR count). The van der Waals surface area contributed by atoms with Crippen LogP contribution in [0.1, 0.15) is 21.7 Å². The Labute approximate surface area is 174 Å². The molecule has 152 valence electrons. The molecule has 1 amide bonds. The first-order valence-electron chi connectivity index (χ1n) is 8.52. The van der Waals surface area contributed by atoms with Crippen LogP contribution in [0.2, 0.25) is 5.02 Å². The molecule has 0 saturated heterocycles. The van der Waals surface area contributed by atoms with E-state index in [9.17, 15) is 19.7 Å². The van der Waals surface area contributed by atoms with E-state index >= 15 is 0 Å². The summed E-state index contributed by atoms with van der Waals surface area (Å²) in [5, 5.41) is 24.0. The van der Waals surface area contributed by atoms with Crippen molar-refractivity contribution in [3.63, 3.8) is 0 Å². The molecule has 2 aromatic carbocycles. The number of hydrogen-bond acceptors (Lipinski definition) is 6. The van der Waals surface area contributed by atoms with Crippen molar-refractivity contribution in [3.8, 4) is 11.3 Å². The Kier molecular flexibility index (Phi) is 6.23. The molecule has 0 unspecified atom stereocenters. The molecule has 2 N–H and O–H groups in total. The van der Waals surface area contributed by atoms with Crippen LogP contribution in [0.15, 0.2) is 64.1 Å². The number of carboxylic acid groups (broad SMARTS) is 1. The number of nitrogens with zero attached hydrogens (tertiary/aromatic N) is 2. The third-order valence-corrected chi connectivity index (χ3v) is 4.36.